The van der Waals surface area contributed by atoms with Gasteiger partial charge in [0.2, 0.25) is 0 Å². The molecule has 2 aromatic carbocycles. The first-order chi connectivity index (χ1) is 11.5. The third-order valence-corrected chi connectivity index (χ3v) is 4.52. The third kappa shape index (κ3) is 4.29. The maximum Gasteiger partial charge on any atom is 0.166 e. The second-order valence-corrected chi connectivity index (χ2v) is 6.32. The number of hydrogen-bond acceptors (Lipinski definition) is 2. The van der Waals surface area contributed by atoms with Crippen molar-refractivity contribution in [1.29, 1.82) is 0 Å². The quantitative estimate of drug-likeness (QED) is 0.494. The lowest BCUT2D eigenvalue weighted by Crippen LogP contribution is -2.29. The average molecular weight is 320 g/mol. The highest BCUT2D eigenvalue weighted by Crippen LogP contribution is 2.29. The molecule has 2 heteroatoms. The molecule has 0 bridgehead atoms. The van der Waals surface area contributed by atoms with E-state index in [4.69, 9.17) is 0 Å². The fraction of sp³-hybridized carbons (Fsp3) is 0.273. The van der Waals surface area contributed by atoms with Crippen LogP contribution in [0.3, 0.4) is 0 Å². The second kappa shape index (κ2) is 8.39. The molecule has 3 unspecified atom stereocenters. The van der Waals surface area contributed by atoms with E-state index in [-0.39, 0.29) is 29.3 Å². The standard InChI is InChI=1S/C22H24O2/c1-4-16(2)21(22(24)19-13-9-6-10-14-19)17(3)15-20(23)18-11-7-5-8-12-18/h4-14,16-17,21H,1,15H2,2-3H3. The van der Waals surface area contributed by atoms with Crippen LogP contribution < -0.4 is 0 Å². The van der Waals surface area contributed by atoms with Crippen molar-refractivity contribution < 1.29 is 9.59 Å². The number of benzene rings is 2. The van der Waals surface area contributed by atoms with Crippen LogP contribution in [0.2, 0.25) is 0 Å². The molecule has 0 fully saturated rings. The average Bonchev–Trinajstić information content (AvgIpc) is 2.63. The lowest BCUT2D eigenvalue weighted by atomic mass is 9.76. The largest absolute Gasteiger partial charge is 0.294 e. The maximum atomic E-state index is 12.9. The van der Waals surface area contributed by atoms with E-state index in [2.05, 4.69) is 6.58 Å². The van der Waals surface area contributed by atoms with E-state index in [1.807, 2.05) is 74.5 Å². The molecule has 2 aromatic rings. The monoisotopic (exact) mass is 320 g/mol. The number of carbonyl (C=O) groups excluding carboxylic acids is 2. The van der Waals surface area contributed by atoms with Crippen LogP contribution in [0.25, 0.3) is 0 Å². The highest BCUT2D eigenvalue weighted by Gasteiger charge is 2.31. The Balaban J connectivity index is 2.20. The minimum absolute atomic E-state index is 0.0104. The van der Waals surface area contributed by atoms with Gasteiger partial charge in [-0.15, -0.1) is 6.58 Å². The zero-order valence-corrected chi connectivity index (χ0v) is 14.3. The molecule has 0 heterocycles. The van der Waals surface area contributed by atoms with E-state index in [1.165, 1.54) is 0 Å². The first-order valence-corrected chi connectivity index (χ1v) is 8.34. The Morgan fingerprint density at radius 3 is 1.92 bits per heavy atom. The number of ketones is 2. The van der Waals surface area contributed by atoms with Gasteiger partial charge in [-0.1, -0.05) is 80.6 Å². The molecule has 0 amide bonds. The summed E-state index contributed by atoms with van der Waals surface area (Å²) in [7, 11) is 0. The lowest BCUT2D eigenvalue weighted by molar-refractivity contribution is 0.0813. The van der Waals surface area contributed by atoms with Crippen molar-refractivity contribution in [1.82, 2.24) is 0 Å². The first-order valence-electron chi connectivity index (χ1n) is 8.34. The van der Waals surface area contributed by atoms with Crippen LogP contribution in [0.4, 0.5) is 0 Å². The summed E-state index contributed by atoms with van der Waals surface area (Å²) in [6, 6.07) is 18.5. The summed E-state index contributed by atoms with van der Waals surface area (Å²) in [5.41, 5.74) is 1.39. The fourth-order valence-corrected chi connectivity index (χ4v) is 3.12. The van der Waals surface area contributed by atoms with Gasteiger partial charge in [-0.05, 0) is 11.8 Å². The fourth-order valence-electron chi connectivity index (χ4n) is 3.12. The van der Waals surface area contributed by atoms with Gasteiger partial charge in [0.15, 0.2) is 11.6 Å². The Hall–Kier alpha value is -2.48. The van der Waals surface area contributed by atoms with Crippen molar-refractivity contribution in [3.05, 3.63) is 84.4 Å². The summed E-state index contributed by atoms with van der Waals surface area (Å²) in [4.78, 5) is 25.4. The number of hydrogen-bond donors (Lipinski definition) is 0. The minimum atomic E-state index is -0.252. The smallest absolute Gasteiger partial charge is 0.166 e. The van der Waals surface area contributed by atoms with E-state index < -0.39 is 0 Å². The van der Waals surface area contributed by atoms with Crippen LogP contribution in [0.1, 0.15) is 41.0 Å². The van der Waals surface area contributed by atoms with Gasteiger partial charge in [-0.2, -0.15) is 0 Å². The molecule has 3 atom stereocenters. The van der Waals surface area contributed by atoms with Crippen LogP contribution in [-0.4, -0.2) is 11.6 Å². The van der Waals surface area contributed by atoms with Crippen LogP contribution >= 0.6 is 0 Å². The van der Waals surface area contributed by atoms with Crippen LogP contribution in [-0.2, 0) is 0 Å². The SMILES string of the molecule is C=CC(C)C(C(=O)c1ccccc1)C(C)CC(=O)c1ccccc1. The molecule has 0 aromatic heterocycles. The van der Waals surface area contributed by atoms with Crippen molar-refractivity contribution >= 4 is 11.6 Å². The summed E-state index contributed by atoms with van der Waals surface area (Å²) in [6.07, 6.45) is 2.15. The molecule has 0 saturated carbocycles. The Labute approximate surface area is 144 Å². The van der Waals surface area contributed by atoms with Crippen molar-refractivity contribution in [3.8, 4) is 0 Å². The van der Waals surface area contributed by atoms with Gasteiger partial charge in [0.05, 0.1) is 0 Å². The van der Waals surface area contributed by atoms with Crippen molar-refractivity contribution in [3.63, 3.8) is 0 Å². The minimum Gasteiger partial charge on any atom is -0.294 e. The van der Waals surface area contributed by atoms with E-state index in [9.17, 15) is 9.59 Å². The van der Waals surface area contributed by atoms with E-state index >= 15 is 0 Å². The number of rotatable bonds is 8. The molecule has 0 saturated heterocycles. The molecule has 0 spiro atoms. The summed E-state index contributed by atoms with van der Waals surface area (Å²) in [5.74, 6) is -0.145. The van der Waals surface area contributed by atoms with Gasteiger partial charge in [-0.25, -0.2) is 0 Å². The molecule has 124 valence electrons. The summed E-state index contributed by atoms with van der Waals surface area (Å²) in [6.45, 7) is 7.81. The Morgan fingerprint density at radius 2 is 1.42 bits per heavy atom. The van der Waals surface area contributed by atoms with E-state index in [1.54, 1.807) is 6.08 Å². The zero-order valence-electron chi connectivity index (χ0n) is 14.3. The van der Waals surface area contributed by atoms with Gasteiger partial charge in [-0.3, -0.25) is 9.59 Å². The molecule has 0 aliphatic rings. The van der Waals surface area contributed by atoms with E-state index in [0.717, 1.165) is 0 Å². The Kier molecular flexibility index (Phi) is 6.25. The van der Waals surface area contributed by atoms with Gasteiger partial charge in [0.1, 0.15) is 0 Å². The van der Waals surface area contributed by atoms with Crippen LogP contribution in [0.5, 0.6) is 0 Å². The van der Waals surface area contributed by atoms with Gasteiger partial charge >= 0.3 is 0 Å². The van der Waals surface area contributed by atoms with Gasteiger partial charge in [0, 0.05) is 23.5 Å². The lowest BCUT2D eigenvalue weighted by Gasteiger charge is -2.26. The van der Waals surface area contributed by atoms with Gasteiger partial charge < -0.3 is 0 Å². The summed E-state index contributed by atoms with van der Waals surface area (Å²) >= 11 is 0. The Bertz CT molecular complexity index is 688. The van der Waals surface area contributed by atoms with Gasteiger partial charge in [0.25, 0.3) is 0 Å². The molecule has 0 aliphatic heterocycles. The number of allylic oxidation sites excluding steroid dienone is 1. The molecular weight excluding hydrogens is 296 g/mol. The van der Waals surface area contributed by atoms with Crippen LogP contribution in [0, 0.1) is 17.8 Å². The first kappa shape index (κ1) is 17.9. The molecule has 0 radical (unpaired) electrons. The Morgan fingerprint density at radius 1 is 0.917 bits per heavy atom. The highest BCUT2D eigenvalue weighted by molar-refractivity contribution is 6.00. The topological polar surface area (TPSA) is 34.1 Å². The summed E-state index contributed by atoms with van der Waals surface area (Å²) in [5, 5.41) is 0. The zero-order chi connectivity index (χ0) is 17.5. The van der Waals surface area contributed by atoms with Crippen molar-refractivity contribution in [2.75, 3.05) is 0 Å². The third-order valence-electron chi connectivity index (χ3n) is 4.52. The molecule has 2 rings (SSSR count). The predicted octanol–water partition coefficient (Wildman–Crippen LogP) is 5.22. The van der Waals surface area contributed by atoms with Crippen LogP contribution in [0.15, 0.2) is 73.3 Å². The molecule has 0 aliphatic carbocycles. The number of carbonyl (C=O) groups is 2. The normalized spacial score (nSPS) is 14.4. The maximum absolute atomic E-state index is 12.9. The molecule has 24 heavy (non-hydrogen) atoms. The highest BCUT2D eigenvalue weighted by atomic mass is 16.1. The second-order valence-electron chi connectivity index (χ2n) is 6.32. The predicted molar refractivity (Wildman–Crippen MR) is 98.2 cm³/mol. The van der Waals surface area contributed by atoms with Crippen molar-refractivity contribution in [2.24, 2.45) is 17.8 Å². The summed E-state index contributed by atoms with van der Waals surface area (Å²) < 4.78 is 0. The molecular formula is C22H24O2. The van der Waals surface area contributed by atoms with Crippen molar-refractivity contribution in [2.45, 2.75) is 20.3 Å². The molecule has 2 nitrogen and oxygen atoms in total. The number of Topliss-reactive ketones (excluding diaryl/α,β-unsaturated/α-hetero) is 2. The molecule has 0 N–H and O–H groups in total. The van der Waals surface area contributed by atoms with E-state index in [0.29, 0.717) is 17.5 Å².